The van der Waals surface area contributed by atoms with Crippen molar-refractivity contribution in [2.75, 3.05) is 7.05 Å². The van der Waals surface area contributed by atoms with Gasteiger partial charge in [-0.1, -0.05) is 42.5 Å². The predicted molar refractivity (Wildman–Crippen MR) is 103 cm³/mol. The Morgan fingerprint density at radius 2 is 1.62 bits per heavy atom. The van der Waals surface area contributed by atoms with Crippen molar-refractivity contribution in [1.82, 2.24) is 9.62 Å². The number of sulfonamides is 1. The second kappa shape index (κ2) is 8.96. The highest BCUT2D eigenvalue weighted by atomic mass is 32.2. The normalized spacial score (nSPS) is 11.5. The summed E-state index contributed by atoms with van der Waals surface area (Å²) in [6.07, 6.45) is 0.972. The third-order valence-corrected chi connectivity index (χ3v) is 5.70. The van der Waals surface area contributed by atoms with Gasteiger partial charge in [-0.25, -0.2) is 13.1 Å². The molecule has 0 radical (unpaired) electrons. The summed E-state index contributed by atoms with van der Waals surface area (Å²) < 4.78 is 25.8. The summed E-state index contributed by atoms with van der Waals surface area (Å²) in [6, 6.07) is 16.7. The van der Waals surface area contributed by atoms with Gasteiger partial charge in [0, 0.05) is 19.0 Å². The molecule has 0 unspecified atom stereocenters. The van der Waals surface area contributed by atoms with E-state index >= 15 is 0 Å². The summed E-state index contributed by atoms with van der Waals surface area (Å²) in [5, 5.41) is 0. The quantitative estimate of drug-likeness (QED) is 0.772. The second-order valence-corrected chi connectivity index (χ2v) is 8.34. The number of nitrogens with one attached hydrogen (secondary N) is 1. The van der Waals surface area contributed by atoms with Gasteiger partial charge < -0.3 is 4.90 Å². The van der Waals surface area contributed by atoms with E-state index in [0.717, 1.165) is 11.1 Å². The number of carbonyl (C=O) groups is 1. The van der Waals surface area contributed by atoms with Crippen LogP contribution in [0.2, 0.25) is 0 Å². The lowest BCUT2D eigenvalue weighted by Gasteiger charge is -2.27. The maximum absolute atomic E-state index is 12.7. The molecule has 0 atom stereocenters. The third-order valence-electron chi connectivity index (χ3n) is 4.27. The molecule has 140 valence electrons. The standard InChI is InChI=1S/C20H26N2O3S/c1-16(2)22(15-18-7-5-4-6-8-18)20(23)14-11-17-9-12-19(13-10-17)26(24,25)21-3/h4-10,12-13,16,21H,11,14-15H2,1-3H3. The second-order valence-electron chi connectivity index (χ2n) is 6.45. The molecule has 0 fully saturated rings. The van der Waals surface area contributed by atoms with Crippen LogP contribution in [-0.2, 0) is 27.8 Å². The van der Waals surface area contributed by atoms with E-state index in [0.29, 0.717) is 19.4 Å². The van der Waals surface area contributed by atoms with E-state index in [-0.39, 0.29) is 16.8 Å². The molecule has 2 aromatic carbocycles. The molecule has 6 heteroatoms. The fourth-order valence-corrected chi connectivity index (χ4v) is 3.42. The Bertz CT molecular complexity index is 816. The highest BCUT2D eigenvalue weighted by molar-refractivity contribution is 7.89. The van der Waals surface area contributed by atoms with Gasteiger partial charge >= 0.3 is 0 Å². The molecule has 0 aliphatic carbocycles. The van der Waals surface area contributed by atoms with Crippen LogP contribution in [0, 0.1) is 0 Å². The number of hydrogen-bond acceptors (Lipinski definition) is 3. The summed E-state index contributed by atoms with van der Waals surface area (Å²) in [5.41, 5.74) is 2.05. The maximum Gasteiger partial charge on any atom is 0.240 e. The van der Waals surface area contributed by atoms with Crippen LogP contribution >= 0.6 is 0 Å². The largest absolute Gasteiger partial charge is 0.336 e. The molecule has 2 aromatic rings. The van der Waals surface area contributed by atoms with Crippen molar-refractivity contribution in [3.63, 3.8) is 0 Å². The number of benzene rings is 2. The Balaban J connectivity index is 1.99. The zero-order valence-electron chi connectivity index (χ0n) is 15.5. The van der Waals surface area contributed by atoms with Gasteiger partial charge in [-0.3, -0.25) is 4.79 Å². The summed E-state index contributed by atoms with van der Waals surface area (Å²) >= 11 is 0. The van der Waals surface area contributed by atoms with Crippen molar-refractivity contribution in [1.29, 1.82) is 0 Å². The monoisotopic (exact) mass is 374 g/mol. The molecule has 5 nitrogen and oxygen atoms in total. The summed E-state index contributed by atoms with van der Waals surface area (Å²) in [6.45, 7) is 4.62. The first-order chi connectivity index (χ1) is 12.3. The SMILES string of the molecule is CNS(=O)(=O)c1ccc(CCC(=O)N(Cc2ccccc2)C(C)C)cc1. The van der Waals surface area contributed by atoms with Gasteiger partial charge in [0.2, 0.25) is 15.9 Å². The molecule has 1 amide bonds. The first-order valence-electron chi connectivity index (χ1n) is 8.69. The van der Waals surface area contributed by atoms with E-state index in [1.165, 1.54) is 7.05 Å². The molecule has 0 aliphatic heterocycles. The Labute approximate surface area is 156 Å². The van der Waals surface area contributed by atoms with Crippen LogP contribution in [-0.4, -0.2) is 32.3 Å². The van der Waals surface area contributed by atoms with E-state index in [4.69, 9.17) is 0 Å². The lowest BCUT2D eigenvalue weighted by Crippen LogP contribution is -2.36. The van der Waals surface area contributed by atoms with Crippen LogP contribution in [0.3, 0.4) is 0 Å². The molecule has 0 aliphatic rings. The van der Waals surface area contributed by atoms with Crippen molar-refractivity contribution in [2.45, 2.75) is 44.2 Å². The Morgan fingerprint density at radius 1 is 1.00 bits per heavy atom. The smallest absolute Gasteiger partial charge is 0.240 e. The molecule has 0 heterocycles. The summed E-state index contributed by atoms with van der Waals surface area (Å²) in [5.74, 6) is 0.0933. The molecule has 0 spiro atoms. The number of aryl methyl sites for hydroxylation is 1. The molecule has 0 aromatic heterocycles. The van der Waals surface area contributed by atoms with Crippen LogP contribution in [0.4, 0.5) is 0 Å². The summed E-state index contributed by atoms with van der Waals surface area (Å²) in [4.78, 5) is 14.8. The van der Waals surface area contributed by atoms with E-state index < -0.39 is 10.0 Å². The Kier molecular flexibility index (Phi) is 6.94. The lowest BCUT2D eigenvalue weighted by atomic mass is 10.1. The van der Waals surface area contributed by atoms with E-state index in [1.807, 2.05) is 49.1 Å². The number of carbonyl (C=O) groups excluding carboxylic acids is 1. The number of nitrogens with zero attached hydrogens (tertiary/aromatic N) is 1. The Hall–Kier alpha value is -2.18. The van der Waals surface area contributed by atoms with Gasteiger partial charge in [-0.05, 0) is 50.6 Å². The van der Waals surface area contributed by atoms with Gasteiger partial charge in [0.05, 0.1) is 4.90 Å². The zero-order valence-corrected chi connectivity index (χ0v) is 16.3. The van der Waals surface area contributed by atoms with Crippen molar-refractivity contribution >= 4 is 15.9 Å². The zero-order chi connectivity index (χ0) is 19.2. The molecule has 0 bridgehead atoms. The number of hydrogen-bond donors (Lipinski definition) is 1. The number of rotatable bonds is 8. The lowest BCUT2D eigenvalue weighted by molar-refractivity contribution is -0.133. The van der Waals surface area contributed by atoms with Crippen LogP contribution in [0.15, 0.2) is 59.5 Å². The first kappa shape index (κ1) is 20.1. The van der Waals surface area contributed by atoms with Crippen molar-refractivity contribution < 1.29 is 13.2 Å². The first-order valence-corrected chi connectivity index (χ1v) is 10.2. The van der Waals surface area contributed by atoms with Crippen LogP contribution in [0.1, 0.15) is 31.4 Å². The Morgan fingerprint density at radius 3 is 2.15 bits per heavy atom. The molecule has 26 heavy (non-hydrogen) atoms. The molecule has 0 saturated heterocycles. The minimum Gasteiger partial charge on any atom is -0.336 e. The molecule has 2 rings (SSSR count). The highest BCUT2D eigenvalue weighted by Gasteiger charge is 2.17. The van der Waals surface area contributed by atoms with Gasteiger partial charge in [-0.15, -0.1) is 0 Å². The molecular weight excluding hydrogens is 348 g/mol. The van der Waals surface area contributed by atoms with Crippen molar-refractivity contribution in [3.05, 3.63) is 65.7 Å². The number of amides is 1. The van der Waals surface area contributed by atoms with Gasteiger partial charge in [-0.2, -0.15) is 0 Å². The molecule has 0 saturated carbocycles. The summed E-state index contributed by atoms with van der Waals surface area (Å²) in [7, 11) is -2.05. The minimum absolute atomic E-state index is 0.0933. The maximum atomic E-state index is 12.7. The highest BCUT2D eigenvalue weighted by Crippen LogP contribution is 2.14. The molecule has 1 N–H and O–H groups in total. The average molecular weight is 375 g/mol. The average Bonchev–Trinajstić information content (AvgIpc) is 2.65. The van der Waals surface area contributed by atoms with Gasteiger partial charge in [0.25, 0.3) is 0 Å². The third kappa shape index (κ3) is 5.41. The fourth-order valence-electron chi connectivity index (χ4n) is 2.69. The van der Waals surface area contributed by atoms with Crippen LogP contribution in [0.25, 0.3) is 0 Å². The van der Waals surface area contributed by atoms with Crippen LogP contribution in [0.5, 0.6) is 0 Å². The van der Waals surface area contributed by atoms with Crippen LogP contribution < -0.4 is 4.72 Å². The van der Waals surface area contributed by atoms with E-state index in [9.17, 15) is 13.2 Å². The fraction of sp³-hybridized carbons (Fsp3) is 0.350. The van der Waals surface area contributed by atoms with Crippen molar-refractivity contribution in [2.24, 2.45) is 0 Å². The van der Waals surface area contributed by atoms with Crippen molar-refractivity contribution in [3.8, 4) is 0 Å². The van der Waals surface area contributed by atoms with E-state index in [2.05, 4.69) is 4.72 Å². The molecular formula is C20H26N2O3S. The van der Waals surface area contributed by atoms with Gasteiger partial charge in [0.1, 0.15) is 0 Å². The topological polar surface area (TPSA) is 66.5 Å². The minimum atomic E-state index is -3.43. The predicted octanol–water partition coefficient (Wildman–Crippen LogP) is 2.96. The van der Waals surface area contributed by atoms with E-state index in [1.54, 1.807) is 24.3 Å². The van der Waals surface area contributed by atoms with Gasteiger partial charge in [0.15, 0.2) is 0 Å².